The maximum atomic E-state index is 6.17. The number of aromatic nitrogens is 8. The number of hydrogen-bond donors (Lipinski definition) is 6. The monoisotopic (exact) mass is 989 g/mol. The highest BCUT2D eigenvalue weighted by Crippen LogP contribution is 2.33. The van der Waals surface area contributed by atoms with Crippen molar-refractivity contribution in [1.82, 2.24) is 49.7 Å². The van der Waals surface area contributed by atoms with Gasteiger partial charge in [-0.25, -0.2) is 9.97 Å². The first kappa shape index (κ1) is 49.1. The molecule has 2 saturated carbocycles. The van der Waals surface area contributed by atoms with E-state index in [1.807, 2.05) is 23.0 Å². The lowest BCUT2D eigenvalue weighted by Crippen LogP contribution is -2.43. The standard InChI is InChI=1S/C26H36N8O.C16H22ClN5O.C10H15N3/c1-2-6-19(7-3-1)29-24-23-25(34(18-28-23)22-8-4-5-17-35-22)32-26(31-24)30-20-9-11-21(12-10-20)33-15-13-27-14-16-33;17-16-20-14(19-11-6-2-1-3-7-11)13-15(21-16)22(10-18-13)12-8-4-5-9-23-12;11-9-1-3-10(4-2-9)13-7-5-12-6-8-13/h9-12,18-19,22,27H,1-8,13-17H2,(H2,29,30,31,32);10-12H,1-9H2,(H,19,20,21);1-4,12H,5-8,11H2. The maximum absolute atomic E-state index is 6.17. The van der Waals surface area contributed by atoms with Crippen LogP contribution in [0.3, 0.4) is 0 Å². The quantitative estimate of drug-likeness (QED) is 0.0561. The second kappa shape index (κ2) is 24.3. The molecule has 19 heteroatoms. The zero-order chi connectivity index (χ0) is 48.2. The topological polar surface area (TPSA) is 198 Å². The Kier molecular flexibility index (Phi) is 16.8. The van der Waals surface area contributed by atoms with Crippen LogP contribution in [0.25, 0.3) is 22.3 Å². The summed E-state index contributed by atoms with van der Waals surface area (Å²) in [7, 11) is 0. The molecule has 12 rings (SSSR count). The lowest BCUT2D eigenvalue weighted by atomic mass is 9.95. The summed E-state index contributed by atoms with van der Waals surface area (Å²) < 4.78 is 16.0. The lowest BCUT2D eigenvalue weighted by Gasteiger charge is -2.29. The average Bonchev–Trinajstić information content (AvgIpc) is 4.06. The van der Waals surface area contributed by atoms with E-state index in [4.69, 9.17) is 41.8 Å². The van der Waals surface area contributed by atoms with Crippen molar-refractivity contribution in [2.75, 3.05) is 97.1 Å². The molecule has 0 spiro atoms. The van der Waals surface area contributed by atoms with Gasteiger partial charge in [-0.3, -0.25) is 9.13 Å². The molecule has 71 heavy (non-hydrogen) atoms. The van der Waals surface area contributed by atoms with Crippen molar-refractivity contribution < 1.29 is 9.47 Å². The van der Waals surface area contributed by atoms with Gasteiger partial charge in [0.2, 0.25) is 11.2 Å². The Labute approximate surface area is 422 Å². The molecule has 0 amide bonds. The van der Waals surface area contributed by atoms with Crippen LogP contribution >= 0.6 is 11.6 Å². The summed E-state index contributed by atoms with van der Waals surface area (Å²) in [5, 5.41) is 17.7. The Hall–Kier alpha value is -5.53. The summed E-state index contributed by atoms with van der Waals surface area (Å²) in [6, 6.07) is 17.5. The first-order chi connectivity index (χ1) is 35.0. The van der Waals surface area contributed by atoms with Crippen LogP contribution in [0.5, 0.6) is 0 Å². The highest BCUT2D eigenvalue weighted by molar-refractivity contribution is 6.28. The first-order valence-electron chi connectivity index (χ1n) is 26.6. The van der Waals surface area contributed by atoms with Gasteiger partial charge in [-0.15, -0.1) is 0 Å². The summed E-state index contributed by atoms with van der Waals surface area (Å²) in [5.41, 5.74) is 13.2. The van der Waals surface area contributed by atoms with E-state index in [1.165, 1.54) is 75.6 Å². The number of hydrogen-bond acceptors (Lipinski definition) is 16. The number of fused-ring (bicyclic) bond motifs is 2. The van der Waals surface area contributed by atoms with E-state index in [-0.39, 0.29) is 17.7 Å². The summed E-state index contributed by atoms with van der Waals surface area (Å²) >= 11 is 6.17. The molecule has 2 unspecified atom stereocenters. The lowest BCUT2D eigenvalue weighted by molar-refractivity contribution is -0.0299. The van der Waals surface area contributed by atoms with Crippen molar-refractivity contribution in [3.63, 3.8) is 0 Å². The number of imidazole rings is 2. The van der Waals surface area contributed by atoms with Gasteiger partial charge in [0.15, 0.2) is 34.0 Å². The predicted octanol–water partition coefficient (Wildman–Crippen LogP) is 9.03. The molecule has 4 aromatic heterocycles. The Bertz CT molecular complexity index is 2570. The highest BCUT2D eigenvalue weighted by atomic mass is 35.5. The van der Waals surface area contributed by atoms with Crippen molar-refractivity contribution in [3.05, 3.63) is 66.5 Å². The number of ether oxygens (including phenoxy) is 2. The molecule has 0 bridgehead atoms. The molecule has 8 heterocycles. The van der Waals surface area contributed by atoms with E-state index in [9.17, 15) is 0 Å². The number of nitrogens with two attached hydrogens (primary N) is 1. The van der Waals surface area contributed by atoms with E-state index in [1.54, 1.807) is 6.33 Å². The number of nitrogens with zero attached hydrogens (tertiary/aromatic N) is 10. The normalized spacial score (nSPS) is 21.5. The molecule has 4 aliphatic heterocycles. The molecule has 0 radical (unpaired) electrons. The third kappa shape index (κ3) is 12.8. The highest BCUT2D eigenvalue weighted by Gasteiger charge is 2.25. The molecular formula is C52H73ClN16O2. The fraction of sp³-hybridized carbons (Fsp3) is 0.577. The first-order valence-corrected chi connectivity index (χ1v) is 26.9. The van der Waals surface area contributed by atoms with Gasteiger partial charge in [0.25, 0.3) is 0 Å². The van der Waals surface area contributed by atoms with Crippen molar-refractivity contribution in [3.8, 4) is 0 Å². The molecule has 6 aromatic rings. The molecule has 6 fully saturated rings. The Morgan fingerprint density at radius 1 is 0.535 bits per heavy atom. The number of rotatable bonds is 10. The number of nitrogen functional groups attached to an aromatic ring is 1. The molecule has 2 atom stereocenters. The summed E-state index contributed by atoms with van der Waals surface area (Å²) in [6.45, 7) is 10.0. The molecule has 2 aromatic carbocycles. The fourth-order valence-electron chi connectivity index (χ4n) is 10.7. The van der Waals surface area contributed by atoms with Gasteiger partial charge in [-0.2, -0.15) is 19.9 Å². The van der Waals surface area contributed by atoms with Crippen LogP contribution in [0.15, 0.2) is 61.2 Å². The van der Waals surface area contributed by atoms with E-state index in [0.717, 1.165) is 149 Å². The zero-order valence-corrected chi connectivity index (χ0v) is 42.0. The number of halogens is 1. The maximum Gasteiger partial charge on any atom is 0.231 e. The van der Waals surface area contributed by atoms with Gasteiger partial charge in [-0.1, -0.05) is 38.5 Å². The van der Waals surface area contributed by atoms with Crippen molar-refractivity contribution >= 4 is 74.3 Å². The Morgan fingerprint density at radius 2 is 1.00 bits per heavy atom. The molecule has 18 nitrogen and oxygen atoms in total. The largest absolute Gasteiger partial charge is 0.399 e. The minimum atomic E-state index is -0.0163. The van der Waals surface area contributed by atoms with Gasteiger partial charge >= 0.3 is 0 Å². The van der Waals surface area contributed by atoms with E-state index in [2.05, 4.69) is 92.3 Å². The molecule has 7 N–H and O–H groups in total. The van der Waals surface area contributed by atoms with Gasteiger partial charge in [0, 0.05) is 100 Å². The average molecular weight is 990 g/mol. The van der Waals surface area contributed by atoms with Crippen molar-refractivity contribution in [1.29, 1.82) is 0 Å². The van der Waals surface area contributed by atoms with Crippen LogP contribution in [0, 0.1) is 0 Å². The van der Waals surface area contributed by atoms with Crippen LogP contribution in [0.2, 0.25) is 5.28 Å². The number of anilines is 7. The molecule has 380 valence electrons. The van der Waals surface area contributed by atoms with E-state index >= 15 is 0 Å². The van der Waals surface area contributed by atoms with E-state index < -0.39 is 0 Å². The number of piperazine rings is 2. The third-order valence-electron chi connectivity index (χ3n) is 14.6. The van der Waals surface area contributed by atoms with Gasteiger partial charge in [0.05, 0.1) is 12.7 Å². The third-order valence-corrected chi connectivity index (χ3v) is 14.8. The van der Waals surface area contributed by atoms with Crippen LogP contribution < -0.4 is 42.1 Å². The van der Waals surface area contributed by atoms with Crippen LogP contribution in [-0.4, -0.2) is 117 Å². The van der Waals surface area contributed by atoms with Crippen LogP contribution in [0.4, 0.5) is 40.3 Å². The summed E-state index contributed by atoms with van der Waals surface area (Å²) in [6.07, 6.45) is 22.6. The predicted molar refractivity (Wildman–Crippen MR) is 285 cm³/mol. The second-order valence-corrected chi connectivity index (χ2v) is 20.1. The fourth-order valence-corrected chi connectivity index (χ4v) is 10.8. The zero-order valence-electron chi connectivity index (χ0n) is 41.2. The smallest absolute Gasteiger partial charge is 0.231 e. The summed E-state index contributed by atoms with van der Waals surface area (Å²) in [5.74, 6) is 2.15. The van der Waals surface area contributed by atoms with Crippen LogP contribution in [0.1, 0.15) is 115 Å². The minimum Gasteiger partial charge on any atom is -0.399 e. The number of nitrogens with one attached hydrogen (secondary N) is 5. The Morgan fingerprint density at radius 3 is 1.49 bits per heavy atom. The summed E-state index contributed by atoms with van der Waals surface area (Å²) in [4.78, 5) is 32.6. The van der Waals surface area contributed by atoms with Gasteiger partial charge < -0.3 is 51.6 Å². The molecule has 2 aliphatic carbocycles. The molecule has 4 saturated heterocycles. The minimum absolute atomic E-state index is 0.00208. The van der Waals surface area contributed by atoms with Crippen molar-refractivity contribution in [2.45, 2.75) is 127 Å². The number of benzene rings is 2. The van der Waals surface area contributed by atoms with E-state index in [0.29, 0.717) is 18.0 Å². The van der Waals surface area contributed by atoms with Gasteiger partial charge in [-0.05, 0) is 124 Å². The SMILES string of the molecule is Clc1nc(NC2CCCCC2)c2ncn(C3CCCCO3)c2n1.Nc1ccc(N2CCNCC2)cc1.c1cc(N2CCNCC2)ccc1Nc1nc(NC2CCCCC2)c2ncn(C3CCCCO3)c2n1. The van der Waals surface area contributed by atoms with Crippen LogP contribution in [-0.2, 0) is 9.47 Å². The second-order valence-electron chi connectivity index (χ2n) is 19.7. The molecular weight excluding hydrogens is 916 g/mol. The Balaban J connectivity index is 0.000000138. The molecule has 6 aliphatic rings. The van der Waals surface area contributed by atoms with Gasteiger partial charge in [0.1, 0.15) is 12.5 Å². The van der Waals surface area contributed by atoms with Crippen molar-refractivity contribution in [2.24, 2.45) is 0 Å².